The molecule has 3 rings (SSSR count). The monoisotopic (exact) mass is 342 g/mol. The fraction of sp³-hybridized carbons (Fsp3) is 0.556. The molecule has 134 valence electrons. The molecule has 7 nitrogen and oxygen atoms in total. The van der Waals surface area contributed by atoms with Crippen LogP contribution in [0.15, 0.2) is 24.3 Å². The predicted molar refractivity (Wildman–Crippen MR) is 95.6 cm³/mol. The summed E-state index contributed by atoms with van der Waals surface area (Å²) in [4.78, 5) is 16.8. The van der Waals surface area contributed by atoms with Crippen LogP contribution in [0.4, 0.5) is 0 Å². The summed E-state index contributed by atoms with van der Waals surface area (Å²) in [7, 11) is 1.87. The molecular formula is C18H26N6O. The van der Waals surface area contributed by atoms with Crippen LogP contribution >= 0.6 is 0 Å². The number of rotatable bonds is 6. The van der Waals surface area contributed by atoms with Crippen LogP contribution in [0.2, 0.25) is 0 Å². The number of H-pyrrole nitrogens is 1. The van der Waals surface area contributed by atoms with Crippen LogP contribution in [-0.2, 0) is 11.3 Å². The largest absolute Gasteiger partial charge is 0.340 e. The fourth-order valence-electron chi connectivity index (χ4n) is 3.48. The highest BCUT2D eigenvalue weighted by atomic mass is 16.2. The number of nitrogens with one attached hydrogen (secondary N) is 1. The Kier molecular flexibility index (Phi) is 5.75. The Morgan fingerprint density at radius 3 is 3.04 bits per heavy atom. The minimum absolute atomic E-state index is 0.172. The Morgan fingerprint density at radius 2 is 2.28 bits per heavy atom. The highest BCUT2D eigenvalue weighted by molar-refractivity contribution is 5.78. The first-order valence-corrected chi connectivity index (χ1v) is 8.98. The predicted octanol–water partition coefficient (Wildman–Crippen LogP) is 2.09. The van der Waals surface area contributed by atoms with Crippen molar-refractivity contribution in [3.05, 3.63) is 29.8 Å². The standard InChI is InChI=1S/C18H26N6O/c1-3-16-9-4-5-10-24(16)13-17(25)23(2)12-14-7-6-8-15(11-14)18-19-21-22-20-18/h6-8,11,16H,3-5,9-10,12-13H2,1-2H3,(H,19,20,21,22)/t16-/m1/s1. The van der Waals surface area contributed by atoms with Gasteiger partial charge in [0.1, 0.15) is 0 Å². The highest BCUT2D eigenvalue weighted by Crippen LogP contribution is 2.20. The van der Waals surface area contributed by atoms with E-state index in [0.717, 1.165) is 24.1 Å². The maximum atomic E-state index is 12.6. The number of likely N-dealkylation sites (tertiary alicyclic amines) is 1. The van der Waals surface area contributed by atoms with Crippen molar-refractivity contribution in [1.29, 1.82) is 0 Å². The first kappa shape index (κ1) is 17.5. The van der Waals surface area contributed by atoms with Crippen LogP contribution < -0.4 is 0 Å². The van der Waals surface area contributed by atoms with E-state index < -0.39 is 0 Å². The van der Waals surface area contributed by atoms with Gasteiger partial charge in [0.15, 0.2) is 0 Å². The molecule has 0 radical (unpaired) electrons. The van der Waals surface area contributed by atoms with Gasteiger partial charge in [-0.25, -0.2) is 0 Å². The van der Waals surface area contributed by atoms with E-state index in [1.165, 1.54) is 19.3 Å². The topological polar surface area (TPSA) is 78.0 Å². The lowest BCUT2D eigenvalue weighted by Crippen LogP contribution is -2.45. The second-order valence-corrected chi connectivity index (χ2v) is 6.71. The zero-order valence-corrected chi connectivity index (χ0v) is 15.0. The van der Waals surface area contributed by atoms with Crippen molar-refractivity contribution in [2.24, 2.45) is 0 Å². The number of carbonyl (C=O) groups is 1. The van der Waals surface area contributed by atoms with Gasteiger partial charge in [0.25, 0.3) is 0 Å². The molecule has 1 fully saturated rings. The SMILES string of the molecule is CC[C@@H]1CCCCN1CC(=O)N(C)Cc1cccc(-c2nn[nH]n2)c1. The zero-order valence-electron chi connectivity index (χ0n) is 15.0. The molecule has 2 heterocycles. The number of aromatic nitrogens is 4. The highest BCUT2D eigenvalue weighted by Gasteiger charge is 2.24. The van der Waals surface area contributed by atoms with Gasteiger partial charge >= 0.3 is 0 Å². The molecule has 7 heteroatoms. The van der Waals surface area contributed by atoms with Gasteiger partial charge in [0, 0.05) is 25.2 Å². The van der Waals surface area contributed by atoms with Gasteiger partial charge in [-0.05, 0) is 42.7 Å². The van der Waals surface area contributed by atoms with E-state index in [-0.39, 0.29) is 5.91 Å². The number of aromatic amines is 1. The van der Waals surface area contributed by atoms with E-state index in [0.29, 0.717) is 25.0 Å². The Hall–Kier alpha value is -2.28. The van der Waals surface area contributed by atoms with E-state index in [9.17, 15) is 4.79 Å². The van der Waals surface area contributed by atoms with Crippen LogP contribution in [0.3, 0.4) is 0 Å². The van der Waals surface area contributed by atoms with E-state index in [4.69, 9.17) is 0 Å². The van der Waals surface area contributed by atoms with Crippen molar-refractivity contribution in [1.82, 2.24) is 30.4 Å². The summed E-state index contributed by atoms with van der Waals surface area (Å²) in [6.45, 7) is 4.33. The van der Waals surface area contributed by atoms with Crippen LogP contribution in [0.1, 0.15) is 38.2 Å². The second-order valence-electron chi connectivity index (χ2n) is 6.71. The van der Waals surface area contributed by atoms with Gasteiger partial charge in [-0.3, -0.25) is 9.69 Å². The molecule has 1 aromatic carbocycles. The molecular weight excluding hydrogens is 316 g/mol. The molecule has 1 N–H and O–H groups in total. The number of nitrogens with zero attached hydrogens (tertiary/aromatic N) is 5. The molecule has 2 aromatic rings. The molecule has 1 saturated heterocycles. The van der Waals surface area contributed by atoms with E-state index >= 15 is 0 Å². The van der Waals surface area contributed by atoms with Gasteiger partial charge in [0.2, 0.25) is 11.7 Å². The number of hydrogen-bond donors (Lipinski definition) is 1. The number of piperidine rings is 1. The summed E-state index contributed by atoms with van der Waals surface area (Å²) in [6, 6.07) is 8.47. The van der Waals surface area contributed by atoms with E-state index in [1.807, 2.05) is 31.3 Å². The Bertz CT molecular complexity index is 687. The number of tetrazole rings is 1. The average molecular weight is 342 g/mol. The summed E-state index contributed by atoms with van der Waals surface area (Å²) in [5.74, 6) is 0.736. The number of amides is 1. The molecule has 1 amide bonds. The van der Waals surface area contributed by atoms with Gasteiger partial charge in [-0.2, -0.15) is 5.21 Å². The van der Waals surface area contributed by atoms with Crippen molar-refractivity contribution in [2.45, 2.75) is 45.2 Å². The number of benzene rings is 1. The smallest absolute Gasteiger partial charge is 0.236 e. The number of likely N-dealkylation sites (N-methyl/N-ethyl adjacent to an activating group) is 1. The van der Waals surface area contributed by atoms with Gasteiger partial charge in [-0.15, -0.1) is 10.2 Å². The molecule has 1 aliphatic heterocycles. The summed E-state index contributed by atoms with van der Waals surface area (Å²) >= 11 is 0. The molecule has 1 atom stereocenters. The van der Waals surface area contributed by atoms with E-state index in [2.05, 4.69) is 32.4 Å². The van der Waals surface area contributed by atoms with Crippen LogP contribution in [0.5, 0.6) is 0 Å². The summed E-state index contributed by atoms with van der Waals surface area (Å²) < 4.78 is 0. The van der Waals surface area contributed by atoms with Crippen molar-refractivity contribution in [3.63, 3.8) is 0 Å². The third-order valence-corrected chi connectivity index (χ3v) is 4.93. The van der Waals surface area contributed by atoms with Gasteiger partial charge < -0.3 is 4.90 Å². The van der Waals surface area contributed by atoms with Crippen molar-refractivity contribution in [3.8, 4) is 11.4 Å². The summed E-state index contributed by atoms with van der Waals surface area (Å²) in [5, 5.41) is 14.1. The lowest BCUT2D eigenvalue weighted by Gasteiger charge is -2.35. The maximum Gasteiger partial charge on any atom is 0.236 e. The van der Waals surface area contributed by atoms with Crippen molar-refractivity contribution in [2.75, 3.05) is 20.1 Å². The number of hydrogen-bond acceptors (Lipinski definition) is 5. The molecule has 1 aromatic heterocycles. The Balaban J connectivity index is 1.60. The molecule has 25 heavy (non-hydrogen) atoms. The average Bonchev–Trinajstić information content (AvgIpc) is 3.17. The molecule has 1 aliphatic rings. The lowest BCUT2D eigenvalue weighted by atomic mass is 10.00. The third-order valence-electron chi connectivity index (χ3n) is 4.93. The van der Waals surface area contributed by atoms with E-state index in [1.54, 1.807) is 4.90 Å². The maximum absolute atomic E-state index is 12.6. The van der Waals surface area contributed by atoms with Gasteiger partial charge in [0.05, 0.1) is 6.54 Å². The molecule has 0 spiro atoms. The Morgan fingerprint density at radius 1 is 1.40 bits per heavy atom. The zero-order chi connectivity index (χ0) is 17.6. The van der Waals surface area contributed by atoms with Crippen molar-refractivity contribution < 1.29 is 4.79 Å². The quantitative estimate of drug-likeness (QED) is 0.870. The molecule has 0 aliphatic carbocycles. The van der Waals surface area contributed by atoms with Crippen LogP contribution in [-0.4, -0.2) is 62.5 Å². The van der Waals surface area contributed by atoms with Crippen LogP contribution in [0, 0.1) is 0 Å². The summed E-state index contributed by atoms with van der Waals surface area (Å²) in [6.07, 6.45) is 4.80. The minimum atomic E-state index is 0.172. The Labute approximate surface area is 148 Å². The molecule has 0 unspecified atom stereocenters. The van der Waals surface area contributed by atoms with Crippen molar-refractivity contribution >= 4 is 5.91 Å². The van der Waals surface area contributed by atoms with Crippen LogP contribution in [0.25, 0.3) is 11.4 Å². The fourth-order valence-corrected chi connectivity index (χ4v) is 3.48. The first-order valence-electron chi connectivity index (χ1n) is 8.98. The normalized spacial score (nSPS) is 18.2. The van der Waals surface area contributed by atoms with Gasteiger partial charge in [-0.1, -0.05) is 31.5 Å². The lowest BCUT2D eigenvalue weighted by molar-refractivity contribution is -0.132. The molecule has 0 saturated carbocycles. The molecule has 0 bridgehead atoms. The minimum Gasteiger partial charge on any atom is -0.340 e. The first-order chi connectivity index (χ1) is 12.2. The third kappa shape index (κ3) is 4.42. The summed E-state index contributed by atoms with van der Waals surface area (Å²) in [5.41, 5.74) is 1.96. The second kappa shape index (κ2) is 8.20. The number of carbonyl (C=O) groups excluding carboxylic acids is 1.